The molecule has 0 aliphatic carbocycles. The number of hydrogen-bond acceptors (Lipinski definition) is 6. The summed E-state index contributed by atoms with van der Waals surface area (Å²) in [5, 5.41) is 13.6. The fourth-order valence-corrected chi connectivity index (χ4v) is 3.86. The number of benzene rings is 3. The van der Waals surface area contributed by atoms with E-state index in [0.29, 0.717) is 11.0 Å². The summed E-state index contributed by atoms with van der Waals surface area (Å²) in [4.78, 5) is 24.4. The summed E-state index contributed by atoms with van der Waals surface area (Å²) in [6.45, 7) is 0. The summed E-state index contributed by atoms with van der Waals surface area (Å²) < 4.78 is 20.7. The third kappa shape index (κ3) is 5.41. The van der Waals surface area contributed by atoms with Gasteiger partial charge in [-0.05, 0) is 48.5 Å². The predicted molar refractivity (Wildman–Crippen MR) is 128 cm³/mol. The van der Waals surface area contributed by atoms with Crippen LogP contribution in [0.3, 0.4) is 0 Å². The number of para-hydroxylation sites is 2. The van der Waals surface area contributed by atoms with Gasteiger partial charge in [0.25, 0.3) is 0 Å². The second-order valence-corrected chi connectivity index (χ2v) is 7.92. The number of halogens is 1. The van der Waals surface area contributed by atoms with Crippen LogP contribution in [-0.2, 0) is 4.79 Å². The van der Waals surface area contributed by atoms with Crippen LogP contribution in [0.15, 0.2) is 84.0 Å². The Balaban J connectivity index is 1.49. The molecule has 4 rings (SSSR count). The quantitative estimate of drug-likeness (QED) is 0.380. The number of thioether (sulfide) groups is 1. The molecule has 0 saturated carbocycles. The van der Waals surface area contributed by atoms with Crippen LogP contribution in [0.2, 0.25) is 0 Å². The highest BCUT2D eigenvalue weighted by Crippen LogP contribution is 2.29. The first-order chi connectivity index (χ1) is 16.5. The van der Waals surface area contributed by atoms with E-state index in [0.717, 1.165) is 28.8 Å². The van der Waals surface area contributed by atoms with Crippen LogP contribution in [0.4, 0.5) is 14.9 Å². The number of anilines is 1. The van der Waals surface area contributed by atoms with Crippen molar-refractivity contribution < 1.29 is 18.7 Å². The molecule has 0 fully saturated rings. The number of aromatic nitrogens is 3. The van der Waals surface area contributed by atoms with Crippen molar-refractivity contribution in [3.8, 4) is 22.8 Å². The molecule has 4 aromatic rings. The Hall–Kier alpha value is -4.18. The van der Waals surface area contributed by atoms with E-state index in [-0.39, 0.29) is 11.4 Å². The molecular formula is C24H20FN5O3S. The molecule has 0 aliphatic heterocycles. The first kappa shape index (κ1) is 23.0. The smallest absolute Gasteiger partial charge is 0.325 e. The van der Waals surface area contributed by atoms with Crippen molar-refractivity contribution in [1.29, 1.82) is 0 Å². The van der Waals surface area contributed by atoms with Crippen molar-refractivity contribution in [3.05, 3.63) is 84.7 Å². The van der Waals surface area contributed by atoms with Crippen LogP contribution in [0.1, 0.15) is 0 Å². The van der Waals surface area contributed by atoms with Crippen LogP contribution in [-0.4, -0.2) is 39.6 Å². The van der Waals surface area contributed by atoms with E-state index < -0.39 is 17.8 Å². The fourth-order valence-electron chi connectivity index (χ4n) is 3.11. The van der Waals surface area contributed by atoms with E-state index in [1.807, 2.05) is 59.2 Å². The highest BCUT2D eigenvalue weighted by molar-refractivity contribution is 7.99. The monoisotopic (exact) mass is 477 g/mol. The largest absolute Gasteiger partial charge is 0.497 e. The van der Waals surface area contributed by atoms with Crippen LogP contribution in [0.5, 0.6) is 5.75 Å². The number of ether oxygens (including phenoxy) is 1. The minimum atomic E-state index is -0.820. The molecule has 0 aliphatic rings. The molecule has 1 heterocycles. The minimum Gasteiger partial charge on any atom is -0.497 e. The highest BCUT2D eigenvalue weighted by Gasteiger charge is 2.18. The lowest BCUT2D eigenvalue weighted by Crippen LogP contribution is -2.35. The van der Waals surface area contributed by atoms with E-state index >= 15 is 0 Å². The molecule has 34 heavy (non-hydrogen) atoms. The molecule has 0 spiro atoms. The van der Waals surface area contributed by atoms with Crippen molar-refractivity contribution in [2.24, 2.45) is 0 Å². The number of carbonyl (C=O) groups excluding carboxylic acids is 2. The minimum absolute atomic E-state index is 0.0200. The number of carbonyl (C=O) groups is 2. The Bertz CT molecular complexity index is 1300. The van der Waals surface area contributed by atoms with Gasteiger partial charge in [0.15, 0.2) is 11.0 Å². The van der Waals surface area contributed by atoms with E-state index in [9.17, 15) is 14.0 Å². The second kappa shape index (κ2) is 10.6. The molecule has 3 amide bonds. The lowest BCUT2D eigenvalue weighted by Gasteiger charge is -2.11. The molecule has 2 N–H and O–H groups in total. The van der Waals surface area contributed by atoms with Gasteiger partial charge in [0, 0.05) is 11.3 Å². The lowest BCUT2D eigenvalue weighted by molar-refractivity contribution is -0.117. The van der Waals surface area contributed by atoms with Gasteiger partial charge in [0.2, 0.25) is 5.91 Å². The molecule has 1 aromatic heterocycles. The number of rotatable bonds is 7. The van der Waals surface area contributed by atoms with Crippen molar-refractivity contribution in [3.63, 3.8) is 0 Å². The number of urea groups is 1. The predicted octanol–water partition coefficient (Wildman–Crippen LogP) is 4.52. The van der Waals surface area contributed by atoms with Crippen molar-refractivity contribution in [1.82, 2.24) is 20.1 Å². The Morgan fingerprint density at radius 1 is 0.971 bits per heavy atom. The zero-order valence-corrected chi connectivity index (χ0v) is 18.9. The van der Waals surface area contributed by atoms with E-state index in [2.05, 4.69) is 20.8 Å². The number of nitrogens with one attached hydrogen (secondary N) is 2. The molecule has 3 aromatic carbocycles. The topological polar surface area (TPSA) is 98.1 Å². The zero-order chi connectivity index (χ0) is 23.9. The third-order valence-corrected chi connectivity index (χ3v) is 5.63. The van der Waals surface area contributed by atoms with Gasteiger partial charge in [-0.2, -0.15) is 0 Å². The number of amides is 3. The number of methoxy groups -OCH3 is 1. The molecule has 0 saturated heterocycles. The van der Waals surface area contributed by atoms with Crippen LogP contribution < -0.4 is 15.4 Å². The van der Waals surface area contributed by atoms with Crippen LogP contribution in [0, 0.1) is 5.82 Å². The van der Waals surface area contributed by atoms with E-state index in [1.165, 1.54) is 18.2 Å². The van der Waals surface area contributed by atoms with Crippen molar-refractivity contribution >= 4 is 29.4 Å². The Labute approximate surface area is 199 Å². The summed E-state index contributed by atoms with van der Waals surface area (Å²) in [7, 11) is 1.60. The van der Waals surface area contributed by atoms with Crippen LogP contribution in [0.25, 0.3) is 17.1 Å². The van der Waals surface area contributed by atoms with Gasteiger partial charge < -0.3 is 10.1 Å². The van der Waals surface area contributed by atoms with Gasteiger partial charge >= 0.3 is 6.03 Å². The number of hydrogen-bond donors (Lipinski definition) is 2. The normalized spacial score (nSPS) is 10.5. The Morgan fingerprint density at radius 3 is 2.38 bits per heavy atom. The first-order valence-electron chi connectivity index (χ1n) is 10.2. The van der Waals surface area contributed by atoms with Gasteiger partial charge in [0.1, 0.15) is 11.6 Å². The molecule has 0 unspecified atom stereocenters. The average molecular weight is 478 g/mol. The van der Waals surface area contributed by atoms with Gasteiger partial charge in [-0.3, -0.25) is 14.7 Å². The van der Waals surface area contributed by atoms with E-state index in [4.69, 9.17) is 4.74 Å². The van der Waals surface area contributed by atoms with E-state index in [1.54, 1.807) is 13.2 Å². The SMILES string of the molecule is COc1ccc(-c2nnc(SCC(=O)NC(=O)Nc3ccccc3F)n2-c2ccccc2)cc1. The molecule has 10 heteroatoms. The molecule has 8 nitrogen and oxygen atoms in total. The van der Waals surface area contributed by atoms with Crippen LogP contribution >= 0.6 is 11.8 Å². The standard InChI is InChI=1S/C24H20FN5O3S/c1-33-18-13-11-16(12-14-18)22-28-29-24(30(22)17-7-3-2-4-8-17)34-15-21(31)27-23(32)26-20-10-6-5-9-19(20)25/h2-14H,15H2,1H3,(H2,26,27,31,32). The molecule has 0 radical (unpaired) electrons. The molecular weight excluding hydrogens is 457 g/mol. The van der Waals surface area contributed by atoms with Gasteiger partial charge in [-0.1, -0.05) is 42.1 Å². The maximum Gasteiger partial charge on any atom is 0.325 e. The molecule has 172 valence electrons. The summed E-state index contributed by atoms with van der Waals surface area (Å²) in [5.74, 6) is 0.0515. The first-order valence-corrected chi connectivity index (χ1v) is 11.2. The summed E-state index contributed by atoms with van der Waals surface area (Å²) >= 11 is 1.12. The Kier molecular flexibility index (Phi) is 7.19. The Morgan fingerprint density at radius 2 is 1.68 bits per heavy atom. The van der Waals surface area contributed by atoms with Crippen molar-refractivity contribution in [2.75, 3.05) is 18.2 Å². The highest BCUT2D eigenvalue weighted by atomic mass is 32.2. The summed E-state index contributed by atoms with van der Waals surface area (Å²) in [5.41, 5.74) is 1.62. The van der Waals surface area contributed by atoms with Gasteiger partial charge in [-0.25, -0.2) is 9.18 Å². The molecule has 0 bridgehead atoms. The fraction of sp³-hybridized carbons (Fsp3) is 0.0833. The lowest BCUT2D eigenvalue weighted by atomic mass is 10.2. The summed E-state index contributed by atoms with van der Waals surface area (Å²) in [6, 6.07) is 21.8. The molecule has 0 atom stereocenters. The number of nitrogens with zero attached hydrogens (tertiary/aromatic N) is 3. The maximum absolute atomic E-state index is 13.7. The van der Waals surface area contributed by atoms with Gasteiger partial charge in [0.05, 0.1) is 18.6 Å². The van der Waals surface area contributed by atoms with Gasteiger partial charge in [-0.15, -0.1) is 10.2 Å². The second-order valence-electron chi connectivity index (χ2n) is 6.98. The summed E-state index contributed by atoms with van der Waals surface area (Å²) in [6.07, 6.45) is 0. The number of imide groups is 1. The zero-order valence-electron chi connectivity index (χ0n) is 18.1. The van der Waals surface area contributed by atoms with Crippen molar-refractivity contribution in [2.45, 2.75) is 5.16 Å². The third-order valence-electron chi connectivity index (χ3n) is 4.70. The maximum atomic E-state index is 13.7. The average Bonchev–Trinajstić information content (AvgIpc) is 3.29.